The molecular weight excluding hydrogens is 264 g/mol. The van der Waals surface area contributed by atoms with Crippen LogP contribution in [0.3, 0.4) is 0 Å². The van der Waals surface area contributed by atoms with Crippen LogP contribution >= 0.6 is 11.6 Å². The van der Waals surface area contributed by atoms with E-state index in [4.69, 9.17) is 11.6 Å². The average molecular weight is 275 g/mol. The summed E-state index contributed by atoms with van der Waals surface area (Å²) in [6.45, 7) is 0.325. The Morgan fingerprint density at radius 3 is 2.47 bits per heavy atom. The van der Waals surface area contributed by atoms with E-state index in [9.17, 15) is 13.2 Å². The molecule has 0 radical (unpaired) electrons. The van der Waals surface area contributed by atoms with E-state index in [0.29, 0.717) is 11.6 Å². The van der Waals surface area contributed by atoms with Gasteiger partial charge in [0.1, 0.15) is 0 Å². The van der Waals surface area contributed by atoms with E-state index in [2.05, 4.69) is 10.0 Å². The Balaban J connectivity index is 2.14. The molecule has 0 unspecified atom stereocenters. The van der Waals surface area contributed by atoms with E-state index in [0.717, 1.165) is 0 Å². The lowest BCUT2D eigenvalue weighted by molar-refractivity contribution is -0.119. The molecule has 2 rings (SSSR count). The first-order valence-electron chi connectivity index (χ1n) is 5.02. The number of amides is 1. The van der Waals surface area contributed by atoms with Gasteiger partial charge in [0.15, 0.2) is 0 Å². The molecule has 1 aliphatic heterocycles. The minimum absolute atomic E-state index is 0.140. The van der Waals surface area contributed by atoms with Gasteiger partial charge in [0.2, 0.25) is 15.9 Å². The lowest BCUT2D eigenvalue weighted by atomic mass is 10.3. The molecule has 1 heterocycles. The summed E-state index contributed by atoms with van der Waals surface area (Å²) in [7, 11) is -3.58. The van der Waals surface area contributed by atoms with Crippen molar-refractivity contribution in [2.24, 2.45) is 0 Å². The SMILES string of the molecule is O=C1C[C@H](NS(=O)(=O)c2ccc(Cl)cc2)CN1. The van der Waals surface area contributed by atoms with Crippen LogP contribution in [0, 0.1) is 0 Å². The van der Waals surface area contributed by atoms with E-state index in [1.54, 1.807) is 0 Å². The van der Waals surface area contributed by atoms with Gasteiger partial charge in [-0.05, 0) is 24.3 Å². The molecule has 1 atom stereocenters. The lowest BCUT2D eigenvalue weighted by Crippen LogP contribution is -2.36. The number of hydrogen-bond acceptors (Lipinski definition) is 3. The summed E-state index contributed by atoms with van der Waals surface area (Å²) in [5.74, 6) is -0.145. The highest BCUT2D eigenvalue weighted by Gasteiger charge is 2.26. The quantitative estimate of drug-likeness (QED) is 0.843. The molecule has 1 amide bonds. The zero-order valence-corrected chi connectivity index (χ0v) is 10.4. The maximum absolute atomic E-state index is 11.9. The highest BCUT2D eigenvalue weighted by atomic mass is 35.5. The summed E-state index contributed by atoms with van der Waals surface area (Å²) in [6.07, 6.45) is 0.173. The molecule has 0 spiro atoms. The maximum Gasteiger partial charge on any atom is 0.240 e. The Morgan fingerprint density at radius 2 is 1.94 bits per heavy atom. The Kier molecular flexibility index (Phi) is 3.37. The molecule has 92 valence electrons. The van der Waals surface area contributed by atoms with Crippen LogP contribution in [0.5, 0.6) is 0 Å². The molecule has 0 aliphatic carbocycles. The number of benzene rings is 1. The van der Waals surface area contributed by atoms with E-state index >= 15 is 0 Å². The number of sulfonamides is 1. The van der Waals surface area contributed by atoms with Gasteiger partial charge in [-0.15, -0.1) is 0 Å². The fourth-order valence-corrected chi connectivity index (χ4v) is 2.95. The minimum atomic E-state index is -3.58. The van der Waals surface area contributed by atoms with Crippen molar-refractivity contribution in [2.75, 3.05) is 6.54 Å². The van der Waals surface area contributed by atoms with Gasteiger partial charge in [-0.1, -0.05) is 11.6 Å². The topological polar surface area (TPSA) is 75.3 Å². The number of carbonyl (C=O) groups excluding carboxylic acids is 1. The number of halogens is 1. The molecule has 1 fully saturated rings. The van der Waals surface area contributed by atoms with Crippen LogP contribution < -0.4 is 10.0 Å². The Morgan fingerprint density at radius 1 is 1.29 bits per heavy atom. The zero-order chi connectivity index (χ0) is 12.5. The van der Waals surface area contributed by atoms with Gasteiger partial charge < -0.3 is 5.32 Å². The molecule has 0 saturated carbocycles. The molecule has 2 N–H and O–H groups in total. The molecule has 1 aromatic rings. The molecule has 0 bridgehead atoms. The van der Waals surface area contributed by atoms with Crippen LogP contribution in [0.2, 0.25) is 5.02 Å². The fourth-order valence-electron chi connectivity index (χ4n) is 1.59. The summed E-state index contributed by atoms with van der Waals surface area (Å²) >= 11 is 5.68. The third kappa shape index (κ3) is 2.96. The van der Waals surface area contributed by atoms with Crippen molar-refractivity contribution in [3.8, 4) is 0 Å². The molecule has 5 nitrogen and oxygen atoms in total. The highest BCUT2D eigenvalue weighted by molar-refractivity contribution is 7.89. The second kappa shape index (κ2) is 4.64. The summed E-state index contributed by atoms with van der Waals surface area (Å²) < 4.78 is 26.3. The zero-order valence-electron chi connectivity index (χ0n) is 8.81. The Labute approximate surface area is 104 Å². The van der Waals surface area contributed by atoms with Gasteiger partial charge in [-0.2, -0.15) is 0 Å². The predicted octanol–water partition coefficient (Wildman–Crippen LogP) is 0.507. The van der Waals surface area contributed by atoms with Gasteiger partial charge in [0, 0.05) is 24.0 Å². The molecule has 17 heavy (non-hydrogen) atoms. The van der Waals surface area contributed by atoms with Crippen LogP contribution in [0.15, 0.2) is 29.2 Å². The third-order valence-electron chi connectivity index (χ3n) is 2.42. The number of nitrogens with one attached hydrogen (secondary N) is 2. The van der Waals surface area contributed by atoms with Crippen LogP contribution in [0.1, 0.15) is 6.42 Å². The molecule has 7 heteroatoms. The van der Waals surface area contributed by atoms with Crippen molar-refractivity contribution >= 4 is 27.5 Å². The summed E-state index contributed by atoms with van der Waals surface area (Å²) in [6, 6.07) is 5.48. The Hall–Kier alpha value is -1.11. The van der Waals surface area contributed by atoms with Crippen molar-refractivity contribution < 1.29 is 13.2 Å². The first kappa shape index (κ1) is 12.3. The Bertz CT molecular complexity index is 527. The van der Waals surface area contributed by atoms with Gasteiger partial charge in [0.25, 0.3) is 0 Å². The smallest absolute Gasteiger partial charge is 0.240 e. The maximum atomic E-state index is 11.9. The first-order chi connectivity index (χ1) is 7.97. The van der Waals surface area contributed by atoms with E-state index in [-0.39, 0.29) is 23.3 Å². The van der Waals surface area contributed by atoms with Crippen molar-refractivity contribution in [1.29, 1.82) is 0 Å². The summed E-state index contributed by atoms with van der Waals surface area (Å²) in [5.41, 5.74) is 0. The molecule has 1 aliphatic rings. The van der Waals surface area contributed by atoms with Crippen molar-refractivity contribution in [2.45, 2.75) is 17.4 Å². The van der Waals surface area contributed by atoms with E-state index in [1.165, 1.54) is 24.3 Å². The summed E-state index contributed by atoms with van der Waals surface area (Å²) in [4.78, 5) is 11.1. The molecule has 0 aromatic heterocycles. The van der Waals surface area contributed by atoms with Crippen LogP contribution in [-0.4, -0.2) is 26.9 Å². The van der Waals surface area contributed by atoms with Crippen LogP contribution in [0.4, 0.5) is 0 Å². The second-order valence-electron chi connectivity index (χ2n) is 3.78. The number of rotatable bonds is 3. The van der Waals surface area contributed by atoms with Crippen molar-refractivity contribution in [3.63, 3.8) is 0 Å². The van der Waals surface area contributed by atoms with Crippen molar-refractivity contribution in [1.82, 2.24) is 10.0 Å². The first-order valence-corrected chi connectivity index (χ1v) is 6.88. The normalized spacial score (nSPS) is 20.3. The number of hydrogen-bond donors (Lipinski definition) is 2. The predicted molar refractivity (Wildman–Crippen MR) is 63.2 cm³/mol. The fraction of sp³-hybridized carbons (Fsp3) is 0.300. The second-order valence-corrected chi connectivity index (χ2v) is 5.93. The highest BCUT2D eigenvalue weighted by Crippen LogP contribution is 2.15. The third-order valence-corrected chi connectivity index (χ3v) is 4.21. The van der Waals surface area contributed by atoms with Gasteiger partial charge in [-0.25, -0.2) is 13.1 Å². The monoisotopic (exact) mass is 274 g/mol. The van der Waals surface area contributed by atoms with Gasteiger partial charge >= 0.3 is 0 Å². The lowest BCUT2D eigenvalue weighted by Gasteiger charge is -2.11. The van der Waals surface area contributed by atoms with Crippen molar-refractivity contribution in [3.05, 3.63) is 29.3 Å². The molecule has 1 saturated heterocycles. The minimum Gasteiger partial charge on any atom is -0.354 e. The molecular formula is C10H11ClN2O3S. The average Bonchev–Trinajstić information content (AvgIpc) is 2.63. The number of carbonyl (C=O) groups is 1. The molecule has 1 aromatic carbocycles. The van der Waals surface area contributed by atoms with Crippen LogP contribution in [-0.2, 0) is 14.8 Å². The van der Waals surface area contributed by atoms with Gasteiger partial charge in [-0.3, -0.25) is 4.79 Å². The summed E-state index contributed by atoms with van der Waals surface area (Å²) in [5, 5.41) is 3.04. The standard InChI is InChI=1S/C10H11ClN2O3S/c11-7-1-3-9(4-2-7)17(15,16)13-8-5-10(14)12-6-8/h1-4,8,13H,5-6H2,(H,12,14)/t8-/m0/s1. The largest absolute Gasteiger partial charge is 0.354 e. The van der Waals surface area contributed by atoms with E-state index in [1.807, 2.05) is 0 Å². The van der Waals surface area contributed by atoms with Crippen LogP contribution in [0.25, 0.3) is 0 Å². The van der Waals surface area contributed by atoms with E-state index < -0.39 is 10.0 Å². The van der Waals surface area contributed by atoms with Gasteiger partial charge in [0.05, 0.1) is 4.90 Å².